The summed E-state index contributed by atoms with van der Waals surface area (Å²) in [6.45, 7) is 6.17. The quantitative estimate of drug-likeness (QED) is 0.814. The molecule has 0 bridgehead atoms. The molecule has 0 saturated carbocycles. The number of thiocarbonyl (C=S) groups is 1. The third kappa shape index (κ3) is 3.76. The van der Waals surface area contributed by atoms with Crippen LogP contribution in [0.25, 0.3) is 0 Å². The third-order valence-corrected chi connectivity index (χ3v) is 3.12. The fourth-order valence-corrected chi connectivity index (χ4v) is 1.86. The minimum atomic E-state index is 0.541. The summed E-state index contributed by atoms with van der Waals surface area (Å²) in [5.74, 6) is 0.743. The zero-order valence-electron chi connectivity index (χ0n) is 11.3. The Morgan fingerprint density at radius 2 is 1.79 bits per heavy atom. The van der Waals surface area contributed by atoms with Crippen LogP contribution in [0, 0.1) is 20.8 Å². The number of hydrogen-bond donors (Lipinski definition) is 2. The van der Waals surface area contributed by atoms with E-state index in [0.29, 0.717) is 5.11 Å². The molecule has 1 aromatic heterocycles. The van der Waals surface area contributed by atoms with E-state index >= 15 is 0 Å². The van der Waals surface area contributed by atoms with Gasteiger partial charge in [-0.3, -0.25) is 0 Å². The molecule has 0 saturated heterocycles. The van der Waals surface area contributed by atoms with Gasteiger partial charge in [0.15, 0.2) is 5.11 Å². The van der Waals surface area contributed by atoms with Crippen LogP contribution in [-0.4, -0.2) is 10.1 Å². The molecule has 19 heavy (non-hydrogen) atoms. The molecule has 0 spiro atoms. The molecule has 98 valence electrons. The smallest absolute Gasteiger partial charge is 0.176 e. The molecule has 0 aliphatic rings. The Hall–Kier alpha value is -1.94. The van der Waals surface area contributed by atoms with Gasteiger partial charge in [0.2, 0.25) is 0 Å². The lowest BCUT2D eigenvalue weighted by Gasteiger charge is -2.11. The Balaban J connectivity index is 2.01. The first-order chi connectivity index (χ1) is 9.04. The van der Waals surface area contributed by atoms with Crippen LogP contribution in [0.2, 0.25) is 0 Å². The normalized spacial score (nSPS) is 10.1. The van der Waals surface area contributed by atoms with E-state index in [0.717, 1.165) is 17.1 Å². The van der Waals surface area contributed by atoms with Crippen LogP contribution in [-0.2, 0) is 0 Å². The summed E-state index contributed by atoms with van der Waals surface area (Å²) in [7, 11) is 0. The van der Waals surface area contributed by atoms with Crippen LogP contribution < -0.4 is 10.6 Å². The van der Waals surface area contributed by atoms with Gasteiger partial charge in [-0.15, -0.1) is 0 Å². The van der Waals surface area contributed by atoms with Gasteiger partial charge in [0.1, 0.15) is 5.82 Å². The van der Waals surface area contributed by atoms with Gasteiger partial charge in [0.25, 0.3) is 0 Å². The summed E-state index contributed by atoms with van der Waals surface area (Å²) in [5.41, 5.74) is 4.61. The van der Waals surface area contributed by atoms with Crippen molar-refractivity contribution in [1.82, 2.24) is 4.98 Å². The van der Waals surface area contributed by atoms with Crippen molar-refractivity contribution in [2.45, 2.75) is 20.8 Å². The van der Waals surface area contributed by atoms with Crippen molar-refractivity contribution < 1.29 is 0 Å². The van der Waals surface area contributed by atoms with E-state index < -0.39 is 0 Å². The minimum absolute atomic E-state index is 0.541. The Kier molecular flexibility index (Phi) is 4.12. The number of anilines is 2. The molecule has 0 radical (unpaired) electrons. The van der Waals surface area contributed by atoms with E-state index in [1.807, 2.05) is 25.1 Å². The fourth-order valence-electron chi connectivity index (χ4n) is 1.64. The van der Waals surface area contributed by atoms with Gasteiger partial charge >= 0.3 is 0 Å². The largest absolute Gasteiger partial charge is 0.332 e. The third-order valence-electron chi connectivity index (χ3n) is 2.92. The van der Waals surface area contributed by atoms with Gasteiger partial charge in [0.05, 0.1) is 0 Å². The van der Waals surface area contributed by atoms with Crippen LogP contribution in [0.4, 0.5) is 11.5 Å². The van der Waals surface area contributed by atoms with E-state index in [2.05, 4.69) is 41.6 Å². The molecule has 0 atom stereocenters. The lowest BCUT2D eigenvalue weighted by atomic mass is 10.1. The van der Waals surface area contributed by atoms with Crippen LogP contribution in [0.5, 0.6) is 0 Å². The summed E-state index contributed by atoms with van der Waals surface area (Å²) in [6.07, 6.45) is 1.81. The zero-order valence-corrected chi connectivity index (χ0v) is 12.1. The van der Waals surface area contributed by atoms with E-state index in [1.54, 1.807) is 6.20 Å². The van der Waals surface area contributed by atoms with Crippen molar-refractivity contribution in [3.8, 4) is 0 Å². The Morgan fingerprint density at radius 1 is 1.00 bits per heavy atom. The average molecular weight is 271 g/mol. The highest BCUT2D eigenvalue weighted by Gasteiger charge is 2.01. The average Bonchev–Trinajstić information content (AvgIpc) is 2.37. The number of rotatable bonds is 2. The summed E-state index contributed by atoms with van der Waals surface area (Å²) in [4.78, 5) is 4.25. The molecule has 2 rings (SSSR count). The Bertz CT molecular complexity index is 591. The lowest BCUT2D eigenvalue weighted by molar-refractivity contribution is 1.27. The molecule has 0 amide bonds. The number of pyridine rings is 1. The molecule has 2 N–H and O–H groups in total. The Morgan fingerprint density at radius 3 is 2.42 bits per heavy atom. The predicted molar refractivity (Wildman–Crippen MR) is 84.7 cm³/mol. The SMILES string of the molecule is Cc1ccc(NC(=S)Nc2ccc(C)c(C)c2)nc1. The second-order valence-corrected chi connectivity index (χ2v) is 5.01. The van der Waals surface area contributed by atoms with Gasteiger partial charge < -0.3 is 10.6 Å². The van der Waals surface area contributed by atoms with Crippen molar-refractivity contribution in [3.63, 3.8) is 0 Å². The first-order valence-corrected chi connectivity index (χ1v) is 6.53. The van der Waals surface area contributed by atoms with Crippen LogP contribution in [0.1, 0.15) is 16.7 Å². The molecular weight excluding hydrogens is 254 g/mol. The molecule has 1 aromatic carbocycles. The topological polar surface area (TPSA) is 37.0 Å². The number of nitrogens with one attached hydrogen (secondary N) is 2. The van der Waals surface area contributed by atoms with Crippen molar-refractivity contribution >= 4 is 28.8 Å². The second kappa shape index (κ2) is 5.80. The van der Waals surface area contributed by atoms with Crippen molar-refractivity contribution in [2.24, 2.45) is 0 Å². The molecule has 3 nitrogen and oxygen atoms in total. The summed E-state index contributed by atoms with van der Waals surface area (Å²) >= 11 is 5.26. The molecule has 2 aromatic rings. The summed E-state index contributed by atoms with van der Waals surface area (Å²) in [6, 6.07) is 10.1. The highest BCUT2D eigenvalue weighted by atomic mass is 32.1. The van der Waals surface area contributed by atoms with E-state index in [9.17, 15) is 0 Å². The number of hydrogen-bond acceptors (Lipinski definition) is 2. The van der Waals surface area contributed by atoms with Gasteiger partial charge in [-0.25, -0.2) is 4.98 Å². The maximum absolute atomic E-state index is 5.26. The molecule has 0 unspecified atom stereocenters. The summed E-state index contributed by atoms with van der Waals surface area (Å²) in [5, 5.41) is 6.76. The van der Waals surface area contributed by atoms with Crippen molar-refractivity contribution in [2.75, 3.05) is 10.6 Å². The van der Waals surface area contributed by atoms with E-state index in [1.165, 1.54) is 11.1 Å². The Labute approximate surface area is 119 Å². The standard InChI is InChI=1S/C15H17N3S/c1-10-4-7-14(16-9-10)18-15(19)17-13-6-5-11(2)12(3)8-13/h4-9H,1-3H3,(H2,16,17,18,19). The number of aromatic nitrogens is 1. The number of aryl methyl sites for hydroxylation is 3. The van der Waals surface area contributed by atoms with Gasteiger partial charge in [0, 0.05) is 11.9 Å². The molecular formula is C15H17N3S. The highest BCUT2D eigenvalue weighted by molar-refractivity contribution is 7.80. The molecule has 0 aliphatic heterocycles. The highest BCUT2D eigenvalue weighted by Crippen LogP contribution is 2.14. The van der Waals surface area contributed by atoms with E-state index in [-0.39, 0.29) is 0 Å². The number of nitrogens with zero attached hydrogens (tertiary/aromatic N) is 1. The fraction of sp³-hybridized carbons (Fsp3) is 0.200. The van der Waals surface area contributed by atoms with Crippen LogP contribution in [0.15, 0.2) is 36.5 Å². The van der Waals surface area contributed by atoms with E-state index in [4.69, 9.17) is 12.2 Å². The minimum Gasteiger partial charge on any atom is -0.332 e. The summed E-state index contributed by atoms with van der Waals surface area (Å²) < 4.78 is 0. The molecule has 0 aliphatic carbocycles. The van der Waals surface area contributed by atoms with Crippen molar-refractivity contribution in [3.05, 3.63) is 53.2 Å². The van der Waals surface area contributed by atoms with Crippen molar-refractivity contribution in [1.29, 1.82) is 0 Å². The first-order valence-electron chi connectivity index (χ1n) is 6.12. The van der Waals surface area contributed by atoms with Crippen LogP contribution in [0.3, 0.4) is 0 Å². The maximum atomic E-state index is 5.26. The van der Waals surface area contributed by atoms with Gasteiger partial charge in [-0.1, -0.05) is 12.1 Å². The maximum Gasteiger partial charge on any atom is 0.176 e. The monoisotopic (exact) mass is 271 g/mol. The molecule has 1 heterocycles. The van der Waals surface area contributed by atoms with Gasteiger partial charge in [-0.2, -0.15) is 0 Å². The van der Waals surface area contributed by atoms with Gasteiger partial charge in [-0.05, 0) is 67.9 Å². The lowest BCUT2D eigenvalue weighted by Crippen LogP contribution is -2.19. The first kappa shape index (κ1) is 13.5. The predicted octanol–water partition coefficient (Wildman–Crippen LogP) is 3.82. The molecule has 0 fully saturated rings. The number of benzene rings is 1. The van der Waals surface area contributed by atoms with Crippen LogP contribution >= 0.6 is 12.2 Å². The zero-order chi connectivity index (χ0) is 13.8. The molecule has 4 heteroatoms. The second-order valence-electron chi connectivity index (χ2n) is 4.60.